The second-order valence-electron chi connectivity index (χ2n) is 4.56. The molecule has 102 valence electrons. The van der Waals surface area contributed by atoms with E-state index in [2.05, 4.69) is 4.90 Å². The van der Waals surface area contributed by atoms with Crippen LogP contribution in [0.1, 0.15) is 24.8 Å². The third-order valence-electron chi connectivity index (χ3n) is 3.44. The molecule has 2 rings (SSSR count). The number of nitrogens with zero attached hydrogens (tertiary/aromatic N) is 1. The van der Waals surface area contributed by atoms with E-state index in [0.29, 0.717) is 12.6 Å². The molecule has 1 aromatic carbocycles. The van der Waals surface area contributed by atoms with E-state index in [4.69, 9.17) is 28.9 Å². The molecule has 2 nitrogen and oxygen atoms in total. The summed E-state index contributed by atoms with van der Waals surface area (Å²) in [6.07, 6.45) is 3.69. The van der Waals surface area contributed by atoms with Crippen molar-refractivity contribution < 1.29 is 0 Å². The number of piperidine rings is 1. The smallest absolute Gasteiger partial charge is 0.0465 e. The highest BCUT2D eigenvalue weighted by atomic mass is 35.5. The fourth-order valence-electron chi connectivity index (χ4n) is 2.42. The molecule has 1 saturated heterocycles. The Bertz CT molecular complexity index is 364. The molecular formula is C13H19Cl3N2. The Morgan fingerprint density at radius 1 is 1.22 bits per heavy atom. The van der Waals surface area contributed by atoms with Crippen LogP contribution >= 0.6 is 35.6 Å². The Balaban J connectivity index is 0.00000162. The Morgan fingerprint density at radius 3 is 2.50 bits per heavy atom. The van der Waals surface area contributed by atoms with Gasteiger partial charge in [0.15, 0.2) is 0 Å². The number of likely N-dealkylation sites (tertiary alicyclic amines) is 1. The van der Waals surface area contributed by atoms with Crippen LogP contribution < -0.4 is 5.73 Å². The normalized spacial score (nSPS) is 20.5. The van der Waals surface area contributed by atoms with E-state index >= 15 is 0 Å². The Labute approximate surface area is 125 Å². The SMILES string of the molecule is Cl.NCC1CCCCN1Cc1c(Cl)cccc1Cl. The molecule has 1 heterocycles. The molecule has 0 aromatic heterocycles. The van der Waals surface area contributed by atoms with Gasteiger partial charge in [0.05, 0.1) is 0 Å². The maximum absolute atomic E-state index is 6.20. The molecule has 1 unspecified atom stereocenters. The first-order valence-corrected chi connectivity index (χ1v) is 6.85. The molecule has 1 aliphatic rings. The van der Waals surface area contributed by atoms with Crippen LogP contribution in [0, 0.1) is 0 Å². The van der Waals surface area contributed by atoms with Crippen LogP contribution in [0.4, 0.5) is 0 Å². The van der Waals surface area contributed by atoms with Crippen molar-refractivity contribution in [2.75, 3.05) is 13.1 Å². The number of hydrogen-bond acceptors (Lipinski definition) is 2. The molecule has 1 aromatic rings. The highest BCUT2D eigenvalue weighted by molar-refractivity contribution is 6.35. The van der Waals surface area contributed by atoms with Crippen LogP contribution in [0.25, 0.3) is 0 Å². The van der Waals surface area contributed by atoms with Gasteiger partial charge >= 0.3 is 0 Å². The molecule has 1 atom stereocenters. The minimum atomic E-state index is 0. The van der Waals surface area contributed by atoms with Crippen molar-refractivity contribution in [3.63, 3.8) is 0 Å². The molecule has 1 fully saturated rings. The summed E-state index contributed by atoms with van der Waals surface area (Å²) in [6.45, 7) is 2.60. The number of hydrogen-bond donors (Lipinski definition) is 1. The zero-order valence-corrected chi connectivity index (χ0v) is 12.6. The maximum atomic E-state index is 6.20. The Morgan fingerprint density at radius 2 is 1.89 bits per heavy atom. The van der Waals surface area contributed by atoms with Crippen LogP contribution in [-0.4, -0.2) is 24.0 Å². The van der Waals surface area contributed by atoms with E-state index in [1.807, 2.05) is 18.2 Å². The molecule has 0 bridgehead atoms. The topological polar surface area (TPSA) is 29.3 Å². The molecule has 0 radical (unpaired) electrons. The van der Waals surface area contributed by atoms with Crippen molar-refractivity contribution in [3.8, 4) is 0 Å². The van der Waals surface area contributed by atoms with Gasteiger partial charge in [0.2, 0.25) is 0 Å². The Kier molecular flexibility index (Phi) is 6.75. The molecule has 5 heteroatoms. The predicted molar refractivity (Wildman–Crippen MR) is 80.8 cm³/mol. The Hall–Kier alpha value is 0.01000. The lowest BCUT2D eigenvalue weighted by atomic mass is 10.0. The van der Waals surface area contributed by atoms with E-state index in [1.165, 1.54) is 19.3 Å². The second kappa shape index (κ2) is 7.56. The third kappa shape index (κ3) is 3.75. The summed E-state index contributed by atoms with van der Waals surface area (Å²) in [7, 11) is 0. The highest BCUT2D eigenvalue weighted by Crippen LogP contribution is 2.28. The van der Waals surface area contributed by atoms with Crippen molar-refractivity contribution >= 4 is 35.6 Å². The van der Waals surface area contributed by atoms with Gasteiger partial charge in [0, 0.05) is 34.7 Å². The zero-order valence-electron chi connectivity index (χ0n) is 10.2. The average Bonchev–Trinajstić information content (AvgIpc) is 2.34. The van der Waals surface area contributed by atoms with Gasteiger partial charge in [-0.25, -0.2) is 0 Å². The van der Waals surface area contributed by atoms with Gasteiger partial charge in [0.1, 0.15) is 0 Å². The first kappa shape index (κ1) is 16.1. The summed E-state index contributed by atoms with van der Waals surface area (Å²) in [5.74, 6) is 0. The first-order valence-electron chi connectivity index (χ1n) is 6.09. The highest BCUT2D eigenvalue weighted by Gasteiger charge is 2.22. The van der Waals surface area contributed by atoms with E-state index in [9.17, 15) is 0 Å². The van der Waals surface area contributed by atoms with Crippen LogP contribution in [0.2, 0.25) is 10.0 Å². The molecule has 0 aliphatic carbocycles. The van der Waals surface area contributed by atoms with Gasteiger partial charge < -0.3 is 5.73 Å². The summed E-state index contributed by atoms with van der Waals surface area (Å²) in [6, 6.07) is 6.13. The van der Waals surface area contributed by atoms with Crippen molar-refractivity contribution in [1.29, 1.82) is 0 Å². The first-order chi connectivity index (χ1) is 8.22. The maximum Gasteiger partial charge on any atom is 0.0465 e. The van der Waals surface area contributed by atoms with Crippen LogP contribution in [-0.2, 0) is 6.54 Å². The lowest BCUT2D eigenvalue weighted by molar-refractivity contribution is 0.145. The van der Waals surface area contributed by atoms with Crippen molar-refractivity contribution in [2.45, 2.75) is 31.8 Å². The van der Waals surface area contributed by atoms with Crippen molar-refractivity contribution in [3.05, 3.63) is 33.8 Å². The lowest BCUT2D eigenvalue weighted by Crippen LogP contribution is -2.43. The molecule has 0 saturated carbocycles. The minimum absolute atomic E-state index is 0. The van der Waals surface area contributed by atoms with E-state index in [1.54, 1.807) is 0 Å². The zero-order chi connectivity index (χ0) is 12.3. The lowest BCUT2D eigenvalue weighted by Gasteiger charge is -2.35. The molecule has 0 amide bonds. The fraction of sp³-hybridized carbons (Fsp3) is 0.538. The van der Waals surface area contributed by atoms with Gasteiger partial charge in [-0.3, -0.25) is 4.90 Å². The molecule has 18 heavy (non-hydrogen) atoms. The quantitative estimate of drug-likeness (QED) is 0.922. The molecule has 2 N–H and O–H groups in total. The van der Waals surface area contributed by atoms with E-state index < -0.39 is 0 Å². The van der Waals surface area contributed by atoms with Gasteiger partial charge in [-0.15, -0.1) is 12.4 Å². The third-order valence-corrected chi connectivity index (χ3v) is 4.15. The van der Waals surface area contributed by atoms with Gasteiger partial charge in [-0.2, -0.15) is 0 Å². The summed E-state index contributed by atoms with van der Waals surface area (Å²) < 4.78 is 0. The second-order valence-corrected chi connectivity index (χ2v) is 5.37. The van der Waals surface area contributed by atoms with E-state index in [0.717, 1.165) is 28.7 Å². The largest absolute Gasteiger partial charge is 0.329 e. The molecule has 0 spiro atoms. The number of benzene rings is 1. The molecule has 1 aliphatic heterocycles. The molecular weight excluding hydrogens is 291 g/mol. The van der Waals surface area contributed by atoms with Crippen molar-refractivity contribution in [1.82, 2.24) is 4.90 Å². The number of rotatable bonds is 3. The van der Waals surface area contributed by atoms with Crippen LogP contribution in [0.5, 0.6) is 0 Å². The fourth-order valence-corrected chi connectivity index (χ4v) is 2.94. The predicted octanol–water partition coefficient (Wildman–Crippen LogP) is 3.73. The summed E-state index contributed by atoms with van der Waals surface area (Å²) in [5.41, 5.74) is 6.84. The van der Waals surface area contributed by atoms with Crippen LogP contribution in [0.15, 0.2) is 18.2 Å². The van der Waals surface area contributed by atoms with E-state index in [-0.39, 0.29) is 12.4 Å². The summed E-state index contributed by atoms with van der Waals surface area (Å²) in [5, 5.41) is 1.50. The van der Waals surface area contributed by atoms with Crippen molar-refractivity contribution in [2.24, 2.45) is 5.73 Å². The van der Waals surface area contributed by atoms with Gasteiger partial charge in [-0.1, -0.05) is 35.7 Å². The monoisotopic (exact) mass is 308 g/mol. The standard InChI is InChI=1S/C13H18Cl2N2.ClH/c14-12-5-3-6-13(15)11(12)9-17-7-2-1-4-10(17)8-16;/h3,5-6,10H,1-2,4,7-9,16H2;1H. The van der Waals surface area contributed by atoms with Gasteiger partial charge in [-0.05, 0) is 31.5 Å². The minimum Gasteiger partial charge on any atom is -0.329 e. The van der Waals surface area contributed by atoms with Crippen LogP contribution in [0.3, 0.4) is 0 Å². The summed E-state index contributed by atoms with van der Waals surface area (Å²) >= 11 is 12.4. The average molecular weight is 310 g/mol. The number of nitrogens with two attached hydrogens (primary N) is 1. The van der Waals surface area contributed by atoms with Gasteiger partial charge in [0.25, 0.3) is 0 Å². The summed E-state index contributed by atoms with van der Waals surface area (Å²) in [4.78, 5) is 2.40. The number of halogens is 3.